The summed E-state index contributed by atoms with van der Waals surface area (Å²) in [5.74, 6) is 0. The van der Waals surface area contributed by atoms with Gasteiger partial charge in [-0.1, -0.05) is 59.7 Å². The Morgan fingerprint density at radius 2 is 1.52 bits per heavy atom. The van der Waals surface area contributed by atoms with Crippen molar-refractivity contribution in [3.8, 4) is 0 Å². The number of anilines is 2. The van der Waals surface area contributed by atoms with Gasteiger partial charge in [-0.3, -0.25) is 4.79 Å². The number of benzene rings is 4. The van der Waals surface area contributed by atoms with Crippen molar-refractivity contribution in [1.29, 1.82) is 0 Å². The van der Waals surface area contributed by atoms with E-state index in [9.17, 15) is 4.79 Å². The maximum absolute atomic E-state index is 11.1. The van der Waals surface area contributed by atoms with Crippen LogP contribution < -0.4 is 15.4 Å². The van der Waals surface area contributed by atoms with Crippen molar-refractivity contribution in [2.75, 3.05) is 36.0 Å². The molecule has 0 atom stereocenters. The number of halogens is 1. The molecule has 6 heteroatoms. The van der Waals surface area contributed by atoms with E-state index in [2.05, 4.69) is 74.4 Å². The monoisotopic (exact) mass is 572 g/mol. The van der Waals surface area contributed by atoms with E-state index >= 15 is 0 Å². The second-order valence-electron chi connectivity index (χ2n) is 11.2. The van der Waals surface area contributed by atoms with Crippen molar-refractivity contribution >= 4 is 50.2 Å². The van der Waals surface area contributed by atoms with Crippen LogP contribution in [0.4, 0.5) is 11.4 Å². The molecule has 1 aliphatic heterocycles. The van der Waals surface area contributed by atoms with Gasteiger partial charge >= 0.3 is 0 Å². The van der Waals surface area contributed by atoms with E-state index in [1.165, 1.54) is 65.3 Å². The summed E-state index contributed by atoms with van der Waals surface area (Å²) in [6.45, 7) is 4.15. The summed E-state index contributed by atoms with van der Waals surface area (Å²) in [5, 5.41) is 4.24. The van der Waals surface area contributed by atoms with E-state index in [0.29, 0.717) is 5.39 Å². The minimum absolute atomic E-state index is 0.0874. The van der Waals surface area contributed by atoms with Gasteiger partial charge in [0, 0.05) is 42.6 Å². The fraction of sp³-hybridized carbons (Fsp3) is 0.222. The third-order valence-corrected chi connectivity index (χ3v) is 9.00. The molecule has 5 nitrogen and oxygen atoms in total. The smallest absolute Gasteiger partial charge is 0.258 e. The average molecular weight is 573 g/mol. The fourth-order valence-corrected chi connectivity index (χ4v) is 6.64. The van der Waals surface area contributed by atoms with Crippen LogP contribution in [0.15, 0.2) is 108 Å². The Labute approximate surface area is 250 Å². The Morgan fingerprint density at radius 3 is 2.33 bits per heavy atom. The third kappa shape index (κ3) is 5.21. The minimum Gasteiger partial charge on any atom is -0.368 e. The molecule has 0 saturated carbocycles. The summed E-state index contributed by atoms with van der Waals surface area (Å²) in [6.07, 6.45) is 11.0. The summed E-state index contributed by atoms with van der Waals surface area (Å²) in [4.78, 5) is 22.6. The molecule has 1 fully saturated rings. The molecule has 5 aromatic rings. The van der Waals surface area contributed by atoms with Gasteiger partial charge in [-0.25, -0.2) is 4.98 Å². The molecule has 0 radical (unpaired) electrons. The number of nitrogens with zero attached hydrogens (tertiary/aromatic N) is 3. The number of para-hydroxylation sites is 1. The summed E-state index contributed by atoms with van der Waals surface area (Å²) >= 11 is 6.05. The van der Waals surface area contributed by atoms with Gasteiger partial charge in [0.2, 0.25) is 0 Å². The normalized spacial score (nSPS) is 16.2. The predicted octanol–water partition coefficient (Wildman–Crippen LogP) is 7.79. The van der Waals surface area contributed by atoms with Gasteiger partial charge < -0.3 is 14.8 Å². The van der Waals surface area contributed by atoms with Crippen LogP contribution in [-0.4, -0.2) is 36.1 Å². The zero-order chi connectivity index (χ0) is 28.5. The van der Waals surface area contributed by atoms with Crippen LogP contribution in [0.3, 0.4) is 0 Å². The lowest BCUT2D eigenvalue weighted by molar-refractivity contribution is 0.654. The molecule has 0 bridgehead atoms. The maximum Gasteiger partial charge on any atom is 0.258 e. The fourth-order valence-electron chi connectivity index (χ4n) is 6.52. The van der Waals surface area contributed by atoms with Crippen molar-refractivity contribution in [2.24, 2.45) is 0 Å². The molecule has 0 spiro atoms. The van der Waals surface area contributed by atoms with Gasteiger partial charge in [0.15, 0.2) is 0 Å². The highest BCUT2D eigenvalue weighted by Crippen LogP contribution is 2.40. The quantitative estimate of drug-likeness (QED) is 0.234. The Morgan fingerprint density at radius 1 is 0.762 bits per heavy atom. The molecular formula is C36H33ClN4O. The van der Waals surface area contributed by atoms with Crippen LogP contribution in [0, 0.1) is 0 Å². The van der Waals surface area contributed by atoms with E-state index in [1.807, 2.05) is 30.3 Å². The van der Waals surface area contributed by atoms with Gasteiger partial charge in [0.25, 0.3) is 5.56 Å². The van der Waals surface area contributed by atoms with E-state index in [4.69, 9.17) is 11.6 Å². The number of nitrogens with one attached hydrogen (secondary N) is 1. The van der Waals surface area contributed by atoms with Crippen LogP contribution in [0.1, 0.15) is 30.4 Å². The molecule has 0 unspecified atom stereocenters. The second-order valence-corrected chi connectivity index (χ2v) is 11.6. The van der Waals surface area contributed by atoms with Gasteiger partial charge in [-0.05, 0) is 102 Å². The number of hydrogen-bond donors (Lipinski definition) is 1. The summed E-state index contributed by atoms with van der Waals surface area (Å²) in [7, 11) is 0. The number of H-pyrrole nitrogens is 1. The van der Waals surface area contributed by atoms with Gasteiger partial charge in [-0.2, -0.15) is 0 Å². The molecule has 3 aliphatic rings. The number of aromatic amines is 1. The number of rotatable bonds is 2. The Hall–Kier alpha value is -4.35. The first-order valence-electron chi connectivity index (χ1n) is 14.8. The van der Waals surface area contributed by atoms with Crippen molar-refractivity contribution < 1.29 is 0 Å². The number of aromatic nitrogens is 2. The summed E-state index contributed by atoms with van der Waals surface area (Å²) in [5.41, 5.74) is 9.42. The van der Waals surface area contributed by atoms with Crippen LogP contribution in [0.5, 0.6) is 0 Å². The van der Waals surface area contributed by atoms with Crippen LogP contribution >= 0.6 is 11.6 Å². The second kappa shape index (κ2) is 11.5. The molecule has 1 aromatic heterocycles. The van der Waals surface area contributed by atoms with Crippen LogP contribution in [-0.2, 0) is 6.42 Å². The van der Waals surface area contributed by atoms with Crippen LogP contribution in [0.25, 0.3) is 27.2 Å². The van der Waals surface area contributed by atoms with Gasteiger partial charge in [0.05, 0.1) is 17.2 Å². The van der Waals surface area contributed by atoms with E-state index < -0.39 is 0 Å². The highest BCUT2D eigenvalue weighted by molar-refractivity contribution is 6.30. The zero-order valence-corrected chi connectivity index (χ0v) is 24.3. The lowest BCUT2D eigenvalue weighted by atomic mass is 9.79. The predicted molar refractivity (Wildman–Crippen MR) is 176 cm³/mol. The standard InChI is InChI=1S/C28H27ClN2.C8H6N2O/c29-22-7-9-23(10-8-22)30-15-17-31(18-16-30)24-11-14-26-21(19-24)6-13-27-25-4-2-1-3-20(25)5-12-28(26)27;11-8-6-3-1-2-4-7(6)9-5-10-8/h2,4,6-11,13-14,19H,1,3,5,12,15-18H2;1-5H,(H,9,10,11). The first-order valence-corrected chi connectivity index (χ1v) is 15.1. The first kappa shape index (κ1) is 26.5. The Bertz CT molecular complexity index is 1880. The summed E-state index contributed by atoms with van der Waals surface area (Å²) < 4.78 is 0. The molecule has 2 heterocycles. The lowest BCUT2D eigenvalue weighted by Gasteiger charge is -2.37. The van der Waals surface area contributed by atoms with Gasteiger partial charge in [-0.15, -0.1) is 0 Å². The first-order chi connectivity index (χ1) is 20.6. The largest absolute Gasteiger partial charge is 0.368 e. The van der Waals surface area contributed by atoms with E-state index in [-0.39, 0.29) is 5.56 Å². The average Bonchev–Trinajstić information content (AvgIpc) is 3.05. The van der Waals surface area contributed by atoms with Crippen LogP contribution in [0.2, 0.25) is 5.02 Å². The molecule has 4 aromatic carbocycles. The molecule has 0 amide bonds. The molecular weight excluding hydrogens is 540 g/mol. The van der Waals surface area contributed by atoms with E-state index in [0.717, 1.165) is 36.7 Å². The zero-order valence-electron chi connectivity index (χ0n) is 23.5. The van der Waals surface area contributed by atoms with Gasteiger partial charge in [0.1, 0.15) is 0 Å². The maximum atomic E-state index is 11.1. The molecule has 1 saturated heterocycles. The molecule has 210 valence electrons. The number of aryl methyl sites for hydroxylation is 1. The number of fused-ring (bicyclic) bond motifs is 5. The summed E-state index contributed by atoms with van der Waals surface area (Å²) in [6, 6.07) is 27.2. The van der Waals surface area contributed by atoms with Crippen molar-refractivity contribution in [3.63, 3.8) is 0 Å². The number of allylic oxidation sites excluding steroid dienone is 4. The Kier molecular flexibility index (Phi) is 7.27. The molecule has 1 N–H and O–H groups in total. The van der Waals surface area contributed by atoms with Crippen molar-refractivity contribution in [2.45, 2.75) is 25.7 Å². The van der Waals surface area contributed by atoms with E-state index in [1.54, 1.807) is 17.2 Å². The number of piperazine rings is 1. The SMILES string of the molecule is Clc1ccc(N2CCN(c3ccc4c5c(ccc4c3)C3=C(CCC=C3)CC5)CC2)cc1.O=c1[nH]cnc2ccccc12. The van der Waals surface area contributed by atoms with Crippen molar-refractivity contribution in [1.82, 2.24) is 9.97 Å². The third-order valence-electron chi connectivity index (χ3n) is 8.74. The Balaban J connectivity index is 0.000000220. The molecule has 2 aliphatic carbocycles. The number of hydrogen-bond acceptors (Lipinski definition) is 4. The topological polar surface area (TPSA) is 52.2 Å². The molecule has 42 heavy (non-hydrogen) atoms. The molecule has 8 rings (SSSR count). The lowest BCUT2D eigenvalue weighted by Crippen LogP contribution is -2.46. The highest BCUT2D eigenvalue weighted by atomic mass is 35.5. The highest BCUT2D eigenvalue weighted by Gasteiger charge is 2.22. The van der Waals surface area contributed by atoms with Crippen molar-refractivity contribution in [3.05, 3.63) is 129 Å². The minimum atomic E-state index is -0.0874.